The SMILES string of the molecule is CS[C@H]1C(=O)N(S(C)(=O)=O)[C@H]2CCN[C@H]12. The highest BCUT2D eigenvalue weighted by Crippen LogP contribution is 2.34. The maximum atomic E-state index is 11.9. The summed E-state index contributed by atoms with van der Waals surface area (Å²) in [5.74, 6) is -0.271. The second-order valence-electron chi connectivity index (χ2n) is 3.89. The van der Waals surface area contributed by atoms with Crippen molar-refractivity contribution in [2.75, 3.05) is 19.1 Å². The first-order chi connectivity index (χ1) is 6.96. The number of thioether (sulfide) groups is 1. The van der Waals surface area contributed by atoms with E-state index in [1.807, 2.05) is 6.26 Å². The van der Waals surface area contributed by atoms with Gasteiger partial charge in [0.2, 0.25) is 10.0 Å². The number of amides is 1. The Bertz CT molecular complexity index is 381. The summed E-state index contributed by atoms with van der Waals surface area (Å²) in [5, 5.41) is 2.95. The lowest BCUT2D eigenvalue weighted by molar-refractivity contribution is -0.124. The van der Waals surface area contributed by atoms with E-state index in [0.717, 1.165) is 23.5 Å². The Morgan fingerprint density at radius 2 is 2.20 bits per heavy atom. The fourth-order valence-corrected chi connectivity index (χ4v) is 4.51. The third-order valence-corrected chi connectivity index (χ3v) is 5.10. The average molecular weight is 250 g/mol. The Balaban J connectivity index is 2.37. The van der Waals surface area contributed by atoms with Crippen LogP contribution in [0.25, 0.3) is 0 Å². The predicted octanol–water partition coefficient (Wildman–Crippen LogP) is -0.750. The molecule has 0 aromatic heterocycles. The third kappa shape index (κ3) is 1.66. The summed E-state index contributed by atoms with van der Waals surface area (Å²) in [6.07, 6.45) is 3.66. The van der Waals surface area contributed by atoms with Gasteiger partial charge in [0.15, 0.2) is 0 Å². The lowest BCUT2D eigenvalue weighted by atomic mass is 10.1. The Morgan fingerprint density at radius 1 is 1.53 bits per heavy atom. The van der Waals surface area contributed by atoms with Crippen LogP contribution >= 0.6 is 11.8 Å². The lowest BCUT2D eigenvalue weighted by Gasteiger charge is -2.20. The van der Waals surface area contributed by atoms with Gasteiger partial charge in [-0.1, -0.05) is 0 Å². The highest BCUT2D eigenvalue weighted by atomic mass is 32.2. The van der Waals surface area contributed by atoms with Crippen LogP contribution in [0.4, 0.5) is 0 Å². The van der Waals surface area contributed by atoms with Crippen molar-refractivity contribution in [2.45, 2.75) is 23.8 Å². The van der Waals surface area contributed by atoms with Gasteiger partial charge < -0.3 is 5.32 Å². The molecule has 3 atom stereocenters. The molecule has 0 spiro atoms. The Morgan fingerprint density at radius 3 is 2.73 bits per heavy atom. The monoisotopic (exact) mass is 250 g/mol. The summed E-state index contributed by atoms with van der Waals surface area (Å²) in [6, 6.07) is -0.188. The molecule has 0 saturated carbocycles. The van der Waals surface area contributed by atoms with Crippen LogP contribution in [0.3, 0.4) is 0 Å². The third-order valence-electron chi connectivity index (χ3n) is 2.93. The molecule has 5 nitrogen and oxygen atoms in total. The first-order valence-electron chi connectivity index (χ1n) is 4.76. The van der Waals surface area contributed by atoms with Gasteiger partial charge in [-0.05, 0) is 19.2 Å². The quantitative estimate of drug-likeness (QED) is 0.698. The molecular weight excluding hydrogens is 236 g/mol. The zero-order chi connectivity index (χ0) is 11.2. The summed E-state index contributed by atoms with van der Waals surface area (Å²) >= 11 is 1.42. The van der Waals surface area contributed by atoms with Crippen molar-refractivity contribution < 1.29 is 13.2 Å². The summed E-state index contributed by atoms with van der Waals surface area (Å²) in [5.41, 5.74) is 0. The Hall–Kier alpha value is -0.270. The van der Waals surface area contributed by atoms with E-state index in [9.17, 15) is 13.2 Å². The summed E-state index contributed by atoms with van der Waals surface area (Å²) in [6.45, 7) is 0.783. The second-order valence-corrected chi connectivity index (χ2v) is 6.73. The number of sulfonamides is 1. The molecule has 0 aliphatic carbocycles. The number of carbonyl (C=O) groups excluding carboxylic acids is 1. The maximum absolute atomic E-state index is 11.9. The number of nitrogens with one attached hydrogen (secondary N) is 1. The van der Waals surface area contributed by atoms with E-state index in [2.05, 4.69) is 5.32 Å². The van der Waals surface area contributed by atoms with Crippen LogP contribution < -0.4 is 5.32 Å². The zero-order valence-corrected chi connectivity index (χ0v) is 10.3. The van der Waals surface area contributed by atoms with E-state index >= 15 is 0 Å². The standard InChI is InChI=1S/C8H14N2O3S2/c1-14-7-6-5(3-4-9-6)10(8(7)11)15(2,12)13/h5-7,9H,3-4H2,1-2H3/t5-,6-,7+/m0/s1. The van der Waals surface area contributed by atoms with Crippen LogP contribution in [0.2, 0.25) is 0 Å². The molecule has 2 heterocycles. The molecule has 1 amide bonds. The first-order valence-corrected chi connectivity index (χ1v) is 7.90. The highest BCUT2D eigenvalue weighted by molar-refractivity contribution is 8.00. The summed E-state index contributed by atoms with van der Waals surface area (Å²) in [7, 11) is -3.42. The molecule has 7 heteroatoms. The van der Waals surface area contributed by atoms with Crippen LogP contribution in [-0.2, 0) is 14.8 Å². The van der Waals surface area contributed by atoms with Crippen molar-refractivity contribution in [1.29, 1.82) is 0 Å². The molecule has 2 saturated heterocycles. The maximum Gasteiger partial charge on any atom is 0.251 e. The molecule has 0 bridgehead atoms. The fourth-order valence-electron chi connectivity index (χ4n) is 2.38. The number of carbonyl (C=O) groups is 1. The normalized spacial score (nSPS) is 36.0. The van der Waals surface area contributed by atoms with Gasteiger partial charge in [0.05, 0.1) is 12.3 Å². The van der Waals surface area contributed by atoms with Crippen LogP contribution in [0.15, 0.2) is 0 Å². The lowest BCUT2D eigenvalue weighted by Crippen LogP contribution is -2.39. The fraction of sp³-hybridized carbons (Fsp3) is 0.875. The molecule has 0 aromatic rings. The second kappa shape index (κ2) is 3.64. The van der Waals surface area contributed by atoms with E-state index in [1.54, 1.807) is 0 Å². The molecule has 86 valence electrons. The number of hydrogen-bond donors (Lipinski definition) is 1. The number of rotatable bonds is 2. The number of nitrogens with zero attached hydrogens (tertiary/aromatic N) is 1. The van der Waals surface area contributed by atoms with Crippen molar-refractivity contribution >= 4 is 27.7 Å². The average Bonchev–Trinajstić information content (AvgIpc) is 2.60. The molecule has 1 N–H and O–H groups in total. The van der Waals surface area contributed by atoms with E-state index < -0.39 is 10.0 Å². The Kier molecular flexibility index (Phi) is 2.72. The van der Waals surface area contributed by atoms with E-state index in [4.69, 9.17) is 0 Å². The van der Waals surface area contributed by atoms with E-state index in [-0.39, 0.29) is 23.2 Å². The topological polar surface area (TPSA) is 66.5 Å². The van der Waals surface area contributed by atoms with Crippen molar-refractivity contribution in [2.24, 2.45) is 0 Å². The van der Waals surface area contributed by atoms with E-state index in [1.165, 1.54) is 11.8 Å². The van der Waals surface area contributed by atoms with Crippen molar-refractivity contribution in [1.82, 2.24) is 9.62 Å². The molecule has 2 aliphatic heterocycles. The van der Waals surface area contributed by atoms with Crippen LogP contribution in [-0.4, -0.2) is 55.0 Å². The van der Waals surface area contributed by atoms with Gasteiger partial charge in [-0.2, -0.15) is 11.8 Å². The predicted molar refractivity (Wildman–Crippen MR) is 59.2 cm³/mol. The minimum Gasteiger partial charge on any atom is -0.310 e. The van der Waals surface area contributed by atoms with Gasteiger partial charge in [-0.15, -0.1) is 0 Å². The smallest absolute Gasteiger partial charge is 0.251 e. The summed E-state index contributed by atoms with van der Waals surface area (Å²) < 4.78 is 24.1. The zero-order valence-electron chi connectivity index (χ0n) is 8.63. The number of hydrogen-bond acceptors (Lipinski definition) is 5. The van der Waals surface area contributed by atoms with Gasteiger partial charge in [-0.25, -0.2) is 12.7 Å². The van der Waals surface area contributed by atoms with Gasteiger partial charge >= 0.3 is 0 Å². The number of fused-ring (bicyclic) bond motifs is 1. The van der Waals surface area contributed by atoms with Crippen LogP contribution in [0.5, 0.6) is 0 Å². The van der Waals surface area contributed by atoms with Crippen LogP contribution in [0.1, 0.15) is 6.42 Å². The molecule has 2 rings (SSSR count). The van der Waals surface area contributed by atoms with Crippen molar-refractivity contribution in [3.05, 3.63) is 0 Å². The van der Waals surface area contributed by atoms with Gasteiger partial charge in [0.1, 0.15) is 5.25 Å². The molecule has 0 radical (unpaired) electrons. The van der Waals surface area contributed by atoms with Gasteiger partial charge in [-0.3, -0.25) is 4.79 Å². The van der Waals surface area contributed by atoms with Gasteiger partial charge in [0, 0.05) is 6.04 Å². The van der Waals surface area contributed by atoms with Crippen LogP contribution in [0, 0.1) is 0 Å². The molecule has 2 fully saturated rings. The highest BCUT2D eigenvalue weighted by Gasteiger charge is 2.53. The van der Waals surface area contributed by atoms with Gasteiger partial charge in [0.25, 0.3) is 5.91 Å². The minimum atomic E-state index is -3.42. The largest absolute Gasteiger partial charge is 0.310 e. The summed E-state index contributed by atoms with van der Waals surface area (Å²) in [4.78, 5) is 11.9. The molecule has 15 heavy (non-hydrogen) atoms. The minimum absolute atomic E-state index is 0.0118. The molecule has 2 aliphatic rings. The molecule has 0 unspecified atom stereocenters. The first kappa shape index (κ1) is 11.2. The van der Waals surface area contributed by atoms with Crippen molar-refractivity contribution in [3.8, 4) is 0 Å². The molecule has 0 aromatic carbocycles. The van der Waals surface area contributed by atoms with Crippen molar-refractivity contribution in [3.63, 3.8) is 0 Å². The van der Waals surface area contributed by atoms with E-state index in [0.29, 0.717) is 0 Å². The molecular formula is C8H14N2O3S2. The Labute approximate surface area is 93.6 Å².